The molecule has 2 heterocycles. The molecule has 0 radical (unpaired) electrons. The zero-order valence-corrected chi connectivity index (χ0v) is 12.3. The molecule has 1 amide bonds. The van der Waals surface area contributed by atoms with Crippen LogP contribution in [0.1, 0.15) is 32.8 Å². The zero-order valence-electron chi connectivity index (χ0n) is 12.3. The van der Waals surface area contributed by atoms with E-state index in [1.165, 1.54) is 0 Å². The Bertz CT molecular complexity index is 508. The van der Waals surface area contributed by atoms with Gasteiger partial charge in [0.05, 0.1) is 12.6 Å². The van der Waals surface area contributed by atoms with Crippen LogP contribution in [0.2, 0.25) is 0 Å². The molecule has 108 valence electrons. The minimum Gasteiger partial charge on any atom is -0.444 e. The van der Waals surface area contributed by atoms with Crippen molar-refractivity contribution in [2.24, 2.45) is 0 Å². The number of rotatable bonds is 1. The van der Waals surface area contributed by atoms with Gasteiger partial charge in [-0.25, -0.2) is 4.79 Å². The maximum absolute atomic E-state index is 12.2. The van der Waals surface area contributed by atoms with Crippen molar-refractivity contribution in [3.05, 3.63) is 35.9 Å². The molecule has 2 atom stereocenters. The lowest BCUT2D eigenvalue weighted by molar-refractivity contribution is 0.0189. The van der Waals surface area contributed by atoms with Crippen molar-refractivity contribution in [1.29, 1.82) is 0 Å². The van der Waals surface area contributed by atoms with Crippen molar-refractivity contribution in [3.8, 4) is 0 Å². The number of nitrogens with zero attached hydrogens (tertiary/aromatic N) is 1. The number of piperidine rings is 1. The van der Waals surface area contributed by atoms with Gasteiger partial charge in [0, 0.05) is 6.54 Å². The van der Waals surface area contributed by atoms with Crippen LogP contribution < -0.4 is 0 Å². The summed E-state index contributed by atoms with van der Waals surface area (Å²) in [5, 5.41) is 0. The third kappa shape index (κ3) is 2.40. The zero-order chi connectivity index (χ0) is 14.4. The minimum absolute atomic E-state index is 0.239. The van der Waals surface area contributed by atoms with Crippen LogP contribution >= 0.6 is 0 Å². The van der Waals surface area contributed by atoms with Crippen molar-refractivity contribution in [1.82, 2.24) is 4.90 Å². The summed E-state index contributed by atoms with van der Waals surface area (Å²) in [6.45, 7) is 6.94. The molecule has 0 saturated carbocycles. The largest absolute Gasteiger partial charge is 0.444 e. The Hall–Kier alpha value is -1.55. The number of hydrogen-bond acceptors (Lipinski definition) is 3. The number of amides is 1. The molecule has 4 nitrogen and oxygen atoms in total. The molecule has 20 heavy (non-hydrogen) atoms. The lowest BCUT2D eigenvalue weighted by Gasteiger charge is -2.32. The van der Waals surface area contributed by atoms with Gasteiger partial charge in [0.2, 0.25) is 0 Å². The molecule has 0 aromatic heterocycles. The van der Waals surface area contributed by atoms with Gasteiger partial charge in [-0.2, -0.15) is 0 Å². The smallest absolute Gasteiger partial charge is 0.410 e. The SMILES string of the molecule is CC(C)(C)OC(=O)N1CCC2OC2(c2ccccc2)C1. The van der Waals surface area contributed by atoms with Gasteiger partial charge in [0.1, 0.15) is 11.2 Å². The van der Waals surface area contributed by atoms with Crippen LogP contribution in [0.3, 0.4) is 0 Å². The molecule has 0 aliphatic carbocycles. The van der Waals surface area contributed by atoms with E-state index in [-0.39, 0.29) is 17.8 Å². The quantitative estimate of drug-likeness (QED) is 0.740. The van der Waals surface area contributed by atoms with E-state index in [1.807, 2.05) is 39.0 Å². The maximum atomic E-state index is 12.2. The Balaban J connectivity index is 1.74. The van der Waals surface area contributed by atoms with Gasteiger partial charge in [-0.3, -0.25) is 0 Å². The fourth-order valence-corrected chi connectivity index (χ4v) is 2.83. The first kappa shape index (κ1) is 13.4. The summed E-state index contributed by atoms with van der Waals surface area (Å²) in [5.74, 6) is 0. The van der Waals surface area contributed by atoms with Gasteiger partial charge in [-0.1, -0.05) is 30.3 Å². The van der Waals surface area contributed by atoms with Crippen molar-refractivity contribution in [2.45, 2.75) is 44.5 Å². The highest BCUT2D eigenvalue weighted by molar-refractivity contribution is 5.68. The van der Waals surface area contributed by atoms with E-state index in [9.17, 15) is 4.79 Å². The summed E-state index contributed by atoms with van der Waals surface area (Å²) in [6.07, 6.45) is 0.860. The molecule has 2 saturated heterocycles. The van der Waals surface area contributed by atoms with Gasteiger partial charge < -0.3 is 14.4 Å². The number of carbonyl (C=O) groups is 1. The molecule has 2 fully saturated rings. The highest BCUT2D eigenvalue weighted by Gasteiger charge is 2.61. The van der Waals surface area contributed by atoms with Crippen LogP contribution in [0.15, 0.2) is 30.3 Å². The van der Waals surface area contributed by atoms with Crippen LogP contribution in [0.25, 0.3) is 0 Å². The number of hydrogen-bond donors (Lipinski definition) is 0. The Morgan fingerprint density at radius 2 is 2.05 bits per heavy atom. The molecular formula is C16H21NO3. The first-order valence-corrected chi connectivity index (χ1v) is 7.12. The molecular weight excluding hydrogens is 254 g/mol. The fraction of sp³-hybridized carbons (Fsp3) is 0.562. The predicted octanol–water partition coefficient (Wildman–Crippen LogP) is 2.92. The normalized spacial score (nSPS) is 28.8. The van der Waals surface area contributed by atoms with Gasteiger partial charge in [-0.05, 0) is 32.8 Å². The van der Waals surface area contributed by atoms with Crippen LogP contribution in [0, 0.1) is 0 Å². The first-order chi connectivity index (χ1) is 9.41. The fourth-order valence-electron chi connectivity index (χ4n) is 2.83. The molecule has 2 aliphatic heterocycles. The van der Waals surface area contributed by atoms with Gasteiger partial charge in [0.25, 0.3) is 0 Å². The summed E-state index contributed by atoms with van der Waals surface area (Å²) in [6, 6.07) is 10.1. The third-order valence-corrected chi connectivity index (χ3v) is 3.82. The average molecular weight is 275 g/mol. The number of epoxide rings is 1. The summed E-state index contributed by atoms with van der Waals surface area (Å²) >= 11 is 0. The Morgan fingerprint density at radius 3 is 2.70 bits per heavy atom. The van der Waals surface area contributed by atoms with Crippen molar-refractivity contribution >= 4 is 6.09 Å². The predicted molar refractivity (Wildman–Crippen MR) is 75.4 cm³/mol. The second kappa shape index (κ2) is 4.48. The summed E-state index contributed by atoms with van der Waals surface area (Å²) in [7, 11) is 0. The van der Waals surface area contributed by atoms with Crippen molar-refractivity contribution < 1.29 is 14.3 Å². The Labute approximate surface area is 119 Å². The molecule has 1 aromatic rings. The van der Waals surface area contributed by atoms with Crippen LogP contribution in [-0.4, -0.2) is 35.8 Å². The molecule has 3 rings (SSSR count). The Kier molecular flexibility index (Phi) is 3.01. The standard InChI is InChI=1S/C16H21NO3/c1-15(2,3)20-14(18)17-10-9-13-16(11-17,19-13)12-7-5-4-6-8-12/h4-8,13H,9-11H2,1-3H3. The van der Waals surface area contributed by atoms with Gasteiger partial charge in [0.15, 0.2) is 0 Å². The Morgan fingerprint density at radius 1 is 1.35 bits per heavy atom. The monoisotopic (exact) mass is 275 g/mol. The summed E-state index contributed by atoms with van der Waals surface area (Å²) in [4.78, 5) is 14.0. The second-order valence-corrected chi connectivity index (χ2v) is 6.55. The topological polar surface area (TPSA) is 42.1 Å². The molecule has 1 aromatic carbocycles. The molecule has 0 bridgehead atoms. The van der Waals surface area contributed by atoms with Crippen LogP contribution in [-0.2, 0) is 15.1 Å². The number of likely N-dealkylation sites (tertiary alicyclic amines) is 1. The lowest BCUT2D eigenvalue weighted by Crippen LogP contribution is -2.45. The number of fused-ring (bicyclic) bond motifs is 1. The van der Waals surface area contributed by atoms with E-state index in [1.54, 1.807) is 4.90 Å². The summed E-state index contributed by atoms with van der Waals surface area (Å²) < 4.78 is 11.4. The highest BCUT2D eigenvalue weighted by atomic mass is 16.6. The van der Waals surface area contributed by atoms with E-state index >= 15 is 0 Å². The first-order valence-electron chi connectivity index (χ1n) is 7.12. The molecule has 2 aliphatic rings. The van der Waals surface area contributed by atoms with Gasteiger partial charge in [-0.15, -0.1) is 0 Å². The van der Waals surface area contributed by atoms with E-state index in [2.05, 4.69) is 12.1 Å². The van der Waals surface area contributed by atoms with E-state index in [0.717, 1.165) is 12.0 Å². The van der Waals surface area contributed by atoms with Crippen molar-refractivity contribution in [2.75, 3.05) is 13.1 Å². The van der Waals surface area contributed by atoms with Gasteiger partial charge >= 0.3 is 6.09 Å². The third-order valence-electron chi connectivity index (χ3n) is 3.82. The average Bonchev–Trinajstić information content (AvgIpc) is 3.12. The maximum Gasteiger partial charge on any atom is 0.410 e. The van der Waals surface area contributed by atoms with E-state index < -0.39 is 5.60 Å². The second-order valence-electron chi connectivity index (χ2n) is 6.55. The molecule has 4 heteroatoms. The summed E-state index contributed by atoms with van der Waals surface area (Å²) in [5.41, 5.74) is 0.382. The van der Waals surface area contributed by atoms with E-state index in [4.69, 9.17) is 9.47 Å². The molecule has 0 N–H and O–H groups in total. The van der Waals surface area contributed by atoms with E-state index in [0.29, 0.717) is 13.1 Å². The highest BCUT2D eigenvalue weighted by Crippen LogP contribution is 2.51. The minimum atomic E-state index is -0.460. The molecule has 2 unspecified atom stereocenters. The number of ether oxygens (including phenoxy) is 2. The molecule has 0 spiro atoms. The lowest BCUT2D eigenvalue weighted by atomic mass is 9.90. The number of benzene rings is 1. The van der Waals surface area contributed by atoms with Crippen LogP contribution in [0.4, 0.5) is 4.79 Å². The number of carbonyl (C=O) groups excluding carboxylic acids is 1. The van der Waals surface area contributed by atoms with Crippen molar-refractivity contribution in [3.63, 3.8) is 0 Å². The van der Waals surface area contributed by atoms with Crippen LogP contribution in [0.5, 0.6) is 0 Å².